The van der Waals surface area contributed by atoms with Crippen LogP contribution in [0.1, 0.15) is 35.5 Å². The first-order valence-corrected chi connectivity index (χ1v) is 10.6. The number of hydrogen-bond donors (Lipinski definition) is 2. The number of benzene rings is 2. The molecule has 1 heterocycles. The molecule has 0 unspecified atom stereocenters. The van der Waals surface area contributed by atoms with Crippen LogP contribution in [-0.4, -0.2) is 20.4 Å². The van der Waals surface area contributed by atoms with Gasteiger partial charge in [-0.3, -0.25) is 4.79 Å². The van der Waals surface area contributed by atoms with Crippen LogP contribution in [0.25, 0.3) is 11.0 Å². The first-order valence-electron chi connectivity index (χ1n) is 8.76. The minimum atomic E-state index is -3.60. The van der Waals surface area contributed by atoms with Crippen molar-refractivity contribution in [3.63, 3.8) is 0 Å². The van der Waals surface area contributed by atoms with E-state index in [9.17, 15) is 13.2 Å². The first-order chi connectivity index (χ1) is 13.2. The normalized spacial score (nSPS) is 11.9. The highest BCUT2D eigenvalue weighted by Gasteiger charge is 2.19. The van der Waals surface area contributed by atoms with E-state index in [1.165, 1.54) is 12.1 Å². The largest absolute Gasteiger partial charge is 0.449 e. The summed E-state index contributed by atoms with van der Waals surface area (Å²) in [7, 11) is -3.60. The van der Waals surface area contributed by atoms with Crippen LogP contribution in [0.4, 0.5) is 0 Å². The molecule has 0 aliphatic heterocycles. The van der Waals surface area contributed by atoms with E-state index in [1.54, 1.807) is 45.0 Å². The van der Waals surface area contributed by atoms with Gasteiger partial charge in [0, 0.05) is 23.5 Å². The second kappa shape index (κ2) is 7.95. The van der Waals surface area contributed by atoms with Crippen molar-refractivity contribution in [1.29, 1.82) is 0 Å². The number of amides is 1. The third-order valence-corrected chi connectivity index (χ3v) is 6.13. The average Bonchev–Trinajstić information content (AvgIpc) is 2.97. The number of fused-ring (bicyclic) bond motifs is 1. The molecule has 2 N–H and O–H groups in total. The molecule has 0 bridgehead atoms. The van der Waals surface area contributed by atoms with Gasteiger partial charge in [-0.05, 0) is 44.5 Å². The van der Waals surface area contributed by atoms with Gasteiger partial charge >= 0.3 is 0 Å². The predicted molar refractivity (Wildman–Crippen MR) is 109 cm³/mol. The standard InChI is InChI=1S/C20H21ClN2O4S/c1-12(2)23-28(25,26)15-7-4-6-14(10-15)11-22-20(24)18-13(3)16-8-5-9-17(21)19(16)27-18/h4-10,12,23H,11H2,1-3H3,(H,22,24). The lowest BCUT2D eigenvalue weighted by Crippen LogP contribution is -2.30. The van der Waals surface area contributed by atoms with Crippen LogP contribution in [0.3, 0.4) is 0 Å². The highest BCUT2D eigenvalue weighted by Crippen LogP contribution is 2.30. The van der Waals surface area contributed by atoms with Gasteiger partial charge in [-0.25, -0.2) is 13.1 Å². The summed E-state index contributed by atoms with van der Waals surface area (Å²) >= 11 is 6.13. The van der Waals surface area contributed by atoms with E-state index in [4.69, 9.17) is 16.0 Å². The maximum Gasteiger partial charge on any atom is 0.287 e. The molecule has 0 spiro atoms. The molecule has 2 aromatic carbocycles. The second-order valence-corrected chi connectivity index (χ2v) is 8.90. The van der Waals surface area contributed by atoms with Gasteiger partial charge < -0.3 is 9.73 Å². The Bertz CT molecular complexity index is 1140. The van der Waals surface area contributed by atoms with E-state index in [-0.39, 0.29) is 23.2 Å². The summed E-state index contributed by atoms with van der Waals surface area (Å²) in [6, 6.07) is 11.6. The molecule has 0 atom stereocenters. The van der Waals surface area contributed by atoms with Gasteiger partial charge in [0.25, 0.3) is 5.91 Å². The fourth-order valence-corrected chi connectivity index (χ4v) is 4.42. The minimum absolute atomic E-state index is 0.152. The van der Waals surface area contributed by atoms with Crippen LogP contribution in [0.2, 0.25) is 5.02 Å². The maximum absolute atomic E-state index is 12.6. The Morgan fingerprint density at radius 3 is 2.57 bits per heavy atom. The minimum Gasteiger partial charge on any atom is -0.449 e. The van der Waals surface area contributed by atoms with Crippen molar-refractivity contribution < 1.29 is 17.6 Å². The molecular formula is C20H21ClN2O4S. The topological polar surface area (TPSA) is 88.4 Å². The quantitative estimate of drug-likeness (QED) is 0.630. The molecule has 0 saturated carbocycles. The van der Waals surface area contributed by atoms with Gasteiger partial charge in [-0.15, -0.1) is 0 Å². The Morgan fingerprint density at radius 1 is 1.18 bits per heavy atom. The van der Waals surface area contributed by atoms with Crippen LogP contribution < -0.4 is 10.0 Å². The van der Waals surface area contributed by atoms with E-state index in [2.05, 4.69) is 10.0 Å². The van der Waals surface area contributed by atoms with Crippen LogP contribution in [0, 0.1) is 6.92 Å². The van der Waals surface area contributed by atoms with E-state index >= 15 is 0 Å². The smallest absolute Gasteiger partial charge is 0.287 e. The predicted octanol–water partition coefficient (Wildman–Crippen LogP) is 4.01. The lowest BCUT2D eigenvalue weighted by atomic mass is 10.1. The SMILES string of the molecule is Cc1c(C(=O)NCc2cccc(S(=O)(=O)NC(C)C)c2)oc2c(Cl)cccc12. The van der Waals surface area contributed by atoms with Crippen LogP contribution in [0.5, 0.6) is 0 Å². The third-order valence-electron chi connectivity index (χ3n) is 4.17. The first kappa shape index (κ1) is 20.4. The summed E-state index contributed by atoms with van der Waals surface area (Å²) in [6.45, 7) is 5.46. The number of sulfonamides is 1. The molecule has 1 aromatic heterocycles. The Kier molecular flexibility index (Phi) is 5.79. The van der Waals surface area contributed by atoms with Gasteiger partial charge in [0.2, 0.25) is 10.0 Å². The molecule has 0 aliphatic rings. The molecule has 0 saturated heterocycles. The molecular weight excluding hydrogens is 400 g/mol. The van der Waals surface area contributed by atoms with Gasteiger partial charge in [0.05, 0.1) is 9.92 Å². The van der Waals surface area contributed by atoms with Crippen molar-refractivity contribution in [2.75, 3.05) is 0 Å². The molecule has 3 rings (SSSR count). The van der Waals surface area contributed by atoms with Crippen molar-refractivity contribution >= 4 is 38.5 Å². The van der Waals surface area contributed by atoms with Gasteiger partial charge in [0.1, 0.15) is 0 Å². The summed E-state index contributed by atoms with van der Waals surface area (Å²) in [5.74, 6) is -0.202. The van der Waals surface area contributed by atoms with Crippen molar-refractivity contribution in [1.82, 2.24) is 10.0 Å². The summed E-state index contributed by atoms with van der Waals surface area (Å²) < 4.78 is 32.8. The van der Waals surface area contributed by atoms with Crippen LogP contribution >= 0.6 is 11.6 Å². The Hall–Kier alpha value is -2.35. The van der Waals surface area contributed by atoms with E-state index in [0.717, 1.165) is 5.39 Å². The Labute approximate surface area is 168 Å². The zero-order valence-electron chi connectivity index (χ0n) is 15.7. The molecule has 3 aromatic rings. The fourth-order valence-electron chi connectivity index (χ4n) is 2.89. The van der Waals surface area contributed by atoms with Crippen molar-refractivity contribution in [2.45, 2.75) is 38.3 Å². The average molecular weight is 421 g/mol. The number of para-hydroxylation sites is 1. The number of nitrogens with one attached hydrogen (secondary N) is 2. The number of carbonyl (C=O) groups is 1. The lowest BCUT2D eigenvalue weighted by Gasteiger charge is -2.11. The number of hydrogen-bond acceptors (Lipinski definition) is 4. The molecule has 6 nitrogen and oxygen atoms in total. The summed E-state index contributed by atoms with van der Waals surface area (Å²) in [4.78, 5) is 12.7. The highest BCUT2D eigenvalue weighted by atomic mass is 35.5. The zero-order chi connectivity index (χ0) is 20.5. The van der Waals surface area contributed by atoms with Gasteiger partial charge in [-0.2, -0.15) is 0 Å². The number of rotatable bonds is 6. The molecule has 0 aliphatic carbocycles. The lowest BCUT2D eigenvalue weighted by molar-refractivity contribution is 0.0924. The molecule has 1 amide bonds. The van der Waals surface area contributed by atoms with Crippen molar-refractivity contribution in [3.05, 3.63) is 64.4 Å². The fraction of sp³-hybridized carbons (Fsp3) is 0.250. The third kappa shape index (κ3) is 4.22. The Morgan fingerprint density at radius 2 is 1.89 bits per heavy atom. The molecule has 0 fully saturated rings. The summed E-state index contributed by atoms with van der Waals surface area (Å²) in [6.07, 6.45) is 0. The van der Waals surface area contributed by atoms with Crippen LogP contribution in [0.15, 0.2) is 51.8 Å². The highest BCUT2D eigenvalue weighted by molar-refractivity contribution is 7.89. The molecule has 8 heteroatoms. The van der Waals surface area contributed by atoms with E-state index in [0.29, 0.717) is 21.7 Å². The molecule has 0 radical (unpaired) electrons. The molecule has 28 heavy (non-hydrogen) atoms. The number of halogens is 1. The van der Waals surface area contributed by atoms with Crippen molar-refractivity contribution in [2.24, 2.45) is 0 Å². The number of furan rings is 1. The monoisotopic (exact) mass is 420 g/mol. The Balaban J connectivity index is 1.78. The maximum atomic E-state index is 12.6. The second-order valence-electron chi connectivity index (χ2n) is 6.78. The summed E-state index contributed by atoms with van der Waals surface area (Å²) in [5.41, 5.74) is 1.83. The van der Waals surface area contributed by atoms with Gasteiger partial charge in [-0.1, -0.05) is 35.9 Å². The zero-order valence-corrected chi connectivity index (χ0v) is 17.3. The number of aryl methyl sites for hydroxylation is 1. The van der Waals surface area contributed by atoms with Crippen molar-refractivity contribution in [3.8, 4) is 0 Å². The van der Waals surface area contributed by atoms with E-state index < -0.39 is 15.9 Å². The summed E-state index contributed by atoms with van der Waals surface area (Å²) in [5, 5.41) is 3.99. The van der Waals surface area contributed by atoms with Gasteiger partial charge in [0.15, 0.2) is 11.3 Å². The number of carbonyl (C=O) groups excluding carboxylic acids is 1. The van der Waals surface area contributed by atoms with Crippen LogP contribution in [-0.2, 0) is 16.6 Å². The van der Waals surface area contributed by atoms with E-state index in [1.807, 2.05) is 6.07 Å². The molecule has 148 valence electrons.